The maximum absolute atomic E-state index is 13.0. The molecule has 0 spiro atoms. The van der Waals surface area contributed by atoms with Gasteiger partial charge in [0.2, 0.25) is 5.91 Å². The third kappa shape index (κ3) is 6.04. The van der Waals surface area contributed by atoms with Gasteiger partial charge in [0.15, 0.2) is 5.75 Å². The molecule has 1 fully saturated rings. The van der Waals surface area contributed by atoms with Gasteiger partial charge in [-0.25, -0.2) is 0 Å². The van der Waals surface area contributed by atoms with Crippen molar-refractivity contribution in [2.75, 3.05) is 38.7 Å². The average Bonchev–Trinajstić information content (AvgIpc) is 2.77. The summed E-state index contributed by atoms with van der Waals surface area (Å²) in [5.41, 5.74) is 0.931. The summed E-state index contributed by atoms with van der Waals surface area (Å²) in [6, 6.07) is 9.93. The minimum atomic E-state index is -0.355. The third-order valence-electron chi connectivity index (χ3n) is 5.00. The zero-order chi connectivity index (χ0) is 22.4. The Morgan fingerprint density at radius 3 is 2.65 bits per heavy atom. The van der Waals surface area contributed by atoms with Gasteiger partial charge in [-0.05, 0) is 43.2 Å². The van der Waals surface area contributed by atoms with E-state index < -0.39 is 0 Å². The maximum Gasteiger partial charge on any atom is 0.253 e. The van der Waals surface area contributed by atoms with Crippen LogP contribution in [0.25, 0.3) is 0 Å². The number of hydrogen-bond acceptors (Lipinski definition) is 4. The van der Waals surface area contributed by atoms with Crippen LogP contribution in [0.3, 0.4) is 0 Å². The van der Waals surface area contributed by atoms with Gasteiger partial charge in [-0.15, -0.1) is 0 Å². The largest absolute Gasteiger partial charge is 0.487 e. The highest BCUT2D eigenvalue weighted by Crippen LogP contribution is 2.34. The van der Waals surface area contributed by atoms with Gasteiger partial charge in [-0.1, -0.05) is 40.9 Å². The van der Waals surface area contributed by atoms with Crippen molar-refractivity contribution in [2.24, 2.45) is 5.92 Å². The molecule has 0 bridgehead atoms. The van der Waals surface area contributed by atoms with E-state index in [2.05, 4.69) is 5.32 Å². The number of para-hydroxylation sites is 1. The fourth-order valence-corrected chi connectivity index (χ4v) is 3.93. The van der Waals surface area contributed by atoms with Crippen molar-refractivity contribution < 1.29 is 19.1 Å². The van der Waals surface area contributed by atoms with E-state index in [-0.39, 0.29) is 17.7 Å². The molecule has 2 amide bonds. The second kappa shape index (κ2) is 11.0. The van der Waals surface area contributed by atoms with Crippen LogP contribution in [-0.4, -0.2) is 50.1 Å². The number of nitrogens with one attached hydrogen (secondary N) is 1. The van der Waals surface area contributed by atoms with Crippen molar-refractivity contribution >= 4 is 52.3 Å². The van der Waals surface area contributed by atoms with Gasteiger partial charge < -0.3 is 19.7 Å². The number of piperidine rings is 1. The Balaban J connectivity index is 1.68. The summed E-state index contributed by atoms with van der Waals surface area (Å²) in [5.74, 6) is -0.326. The molecule has 1 N–H and O–H groups in total. The van der Waals surface area contributed by atoms with Gasteiger partial charge in [-0.2, -0.15) is 0 Å². The first-order valence-electron chi connectivity index (χ1n) is 9.86. The van der Waals surface area contributed by atoms with Crippen LogP contribution in [0, 0.1) is 5.92 Å². The molecule has 1 atom stereocenters. The summed E-state index contributed by atoms with van der Waals surface area (Å²) in [6.45, 7) is 1.59. The van der Waals surface area contributed by atoms with Crippen molar-refractivity contribution in [3.05, 3.63) is 57.0 Å². The third-order valence-corrected chi connectivity index (χ3v) is 6.04. The first-order chi connectivity index (χ1) is 14.9. The lowest BCUT2D eigenvalue weighted by Gasteiger charge is -2.32. The molecule has 31 heavy (non-hydrogen) atoms. The van der Waals surface area contributed by atoms with Crippen molar-refractivity contribution in [2.45, 2.75) is 12.8 Å². The summed E-state index contributed by atoms with van der Waals surface area (Å²) in [7, 11) is 1.58. The van der Waals surface area contributed by atoms with Crippen LogP contribution >= 0.6 is 34.8 Å². The Morgan fingerprint density at radius 1 is 1.10 bits per heavy atom. The van der Waals surface area contributed by atoms with Gasteiger partial charge in [0.25, 0.3) is 5.91 Å². The number of amides is 2. The zero-order valence-electron chi connectivity index (χ0n) is 17.0. The Hall–Kier alpha value is -1.99. The van der Waals surface area contributed by atoms with Crippen LogP contribution in [-0.2, 0) is 9.53 Å². The van der Waals surface area contributed by atoms with Gasteiger partial charge in [0.05, 0.1) is 33.3 Å². The number of hydrogen-bond donors (Lipinski definition) is 1. The maximum atomic E-state index is 13.0. The molecule has 2 aromatic carbocycles. The zero-order valence-corrected chi connectivity index (χ0v) is 19.3. The summed E-state index contributed by atoms with van der Waals surface area (Å²) < 4.78 is 10.7. The number of nitrogens with zero attached hydrogens (tertiary/aromatic N) is 1. The lowest BCUT2D eigenvalue weighted by Crippen LogP contribution is -2.43. The number of rotatable bonds is 7. The molecule has 0 radical (unpaired) electrons. The van der Waals surface area contributed by atoms with E-state index >= 15 is 0 Å². The fraction of sp³-hybridized carbons (Fsp3) is 0.364. The standard InChI is InChI=1S/C22H23Cl3N2O4/c1-30-10-11-31-20-17(24)5-2-6-19(20)26-21(28)15-4-3-9-27(13-15)22(29)14-7-8-16(23)18(25)12-14/h2,5-8,12,15H,3-4,9-11,13H2,1H3,(H,26,28). The molecule has 0 saturated carbocycles. The molecule has 1 unspecified atom stereocenters. The van der Waals surface area contributed by atoms with Crippen LogP contribution in [0.15, 0.2) is 36.4 Å². The van der Waals surface area contributed by atoms with Crippen molar-refractivity contribution in [1.29, 1.82) is 0 Å². The van der Waals surface area contributed by atoms with Crippen molar-refractivity contribution in [1.82, 2.24) is 4.90 Å². The molecule has 166 valence electrons. The number of methoxy groups -OCH3 is 1. The lowest BCUT2D eigenvalue weighted by atomic mass is 9.96. The number of carbonyl (C=O) groups excluding carboxylic acids is 2. The van der Waals surface area contributed by atoms with Crippen LogP contribution in [0.1, 0.15) is 23.2 Å². The topological polar surface area (TPSA) is 67.9 Å². The van der Waals surface area contributed by atoms with Crippen LogP contribution in [0.4, 0.5) is 5.69 Å². The van der Waals surface area contributed by atoms with Crippen LogP contribution in [0.2, 0.25) is 15.1 Å². The lowest BCUT2D eigenvalue weighted by molar-refractivity contribution is -0.121. The van der Waals surface area contributed by atoms with Gasteiger partial charge in [0.1, 0.15) is 6.61 Å². The molecule has 1 aliphatic rings. The van der Waals surface area contributed by atoms with Crippen LogP contribution < -0.4 is 10.1 Å². The predicted molar refractivity (Wildman–Crippen MR) is 123 cm³/mol. The fourth-order valence-electron chi connectivity index (χ4n) is 3.40. The molecule has 2 aromatic rings. The van der Waals surface area contributed by atoms with E-state index in [9.17, 15) is 9.59 Å². The van der Waals surface area contributed by atoms with Crippen molar-refractivity contribution in [3.63, 3.8) is 0 Å². The first kappa shape index (κ1) is 23.7. The molecule has 6 nitrogen and oxygen atoms in total. The Kier molecular flexibility index (Phi) is 8.43. The summed E-state index contributed by atoms with van der Waals surface area (Å²) >= 11 is 18.2. The van der Waals surface area contributed by atoms with E-state index in [4.69, 9.17) is 44.3 Å². The van der Waals surface area contributed by atoms with Crippen LogP contribution in [0.5, 0.6) is 5.75 Å². The Labute approximate surface area is 196 Å². The minimum absolute atomic E-state index is 0.178. The predicted octanol–water partition coefficient (Wildman–Crippen LogP) is 5.16. The molecule has 0 aliphatic carbocycles. The summed E-state index contributed by atoms with van der Waals surface area (Å²) in [4.78, 5) is 27.5. The minimum Gasteiger partial charge on any atom is -0.487 e. The molecule has 3 rings (SSSR count). The highest BCUT2D eigenvalue weighted by Gasteiger charge is 2.29. The number of ether oxygens (including phenoxy) is 2. The van der Waals surface area contributed by atoms with E-state index in [1.807, 2.05) is 0 Å². The molecule has 9 heteroatoms. The molecule has 0 aromatic heterocycles. The van der Waals surface area contributed by atoms with Gasteiger partial charge in [0, 0.05) is 25.8 Å². The average molecular weight is 486 g/mol. The SMILES string of the molecule is COCCOc1c(Cl)cccc1NC(=O)C1CCCN(C(=O)c2ccc(Cl)c(Cl)c2)C1. The normalized spacial score (nSPS) is 16.1. The Morgan fingerprint density at radius 2 is 1.90 bits per heavy atom. The highest BCUT2D eigenvalue weighted by molar-refractivity contribution is 6.42. The smallest absolute Gasteiger partial charge is 0.253 e. The second-order valence-corrected chi connectivity index (χ2v) is 8.39. The second-order valence-electron chi connectivity index (χ2n) is 7.17. The number of carbonyl (C=O) groups is 2. The van der Waals surface area contributed by atoms with E-state index in [1.165, 1.54) is 0 Å². The van der Waals surface area contributed by atoms with Crippen molar-refractivity contribution in [3.8, 4) is 5.75 Å². The van der Waals surface area contributed by atoms with E-state index in [0.29, 0.717) is 64.8 Å². The first-order valence-corrected chi connectivity index (χ1v) is 11.0. The summed E-state index contributed by atoms with van der Waals surface area (Å²) in [5, 5.41) is 4.00. The van der Waals surface area contributed by atoms with E-state index in [1.54, 1.807) is 48.4 Å². The number of likely N-dealkylation sites (tertiary alicyclic amines) is 1. The van der Waals surface area contributed by atoms with E-state index in [0.717, 1.165) is 6.42 Å². The molecule has 1 aliphatic heterocycles. The molecular weight excluding hydrogens is 463 g/mol. The molecule has 1 heterocycles. The number of anilines is 1. The highest BCUT2D eigenvalue weighted by atomic mass is 35.5. The van der Waals surface area contributed by atoms with Gasteiger partial charge in [-0.3, -0.25) is 9.59 Å². The molecule has 1 saturated heterocycles. The summed E-state index contributed by atoms with van der Waals surface area (Å²) in [6.07, 6.45) is 1.40. The monoisotopic (exact) mass is 484 g/mol. The number of benzene rings is 2. The Bertz CT molecular complexity index is 954. The number of halogens is 3. The van der Waals surface area contributed by atoms with Gasteiger partial charge >= 0.3 is 0 Å². The quantitative estimate of drug-likeness (QED) is 0.550. The molecular formula is C22H23Cl3N2O4.